The fraction of sp³-hybridized carbons (Fsp3) is 0.467. The number of rotatable bonds is 2. The van der Waals surface area contributed by atoms with E-state index in [0.717, 1.165) is 6.29 Å². The van der Waals surface area contributed by atoms with Crippen molar-refractivity contribution in [2.45, 2.75) is 38.8 Å². The molecule has 4 nitrogen and oxygen atoms in total. The Morgan fingerprint density at radius 1 is 1.45 bits per heavy atom. The maximum atomic E-state index is 13.7. The topological polar surface area (TPSA) is 55.4 Å². The Morgan fingerprint density at radius 3 is 2.75 bits per heavy atom. The molecule has 0 radical (unpaired) electrons. The van der Waals surface area contributed by atoms with Crippen LogP contribution in [-0.4, -0.2) is 18.0 Å². The number of halogens is 1. The van der Waals surface area contributed by atoms with Gasteiger partial charge in [0, 0.05) is 5.92 Å². The van der Waals surface area contributed by atoms with E-state index in [2.05, 4.69) is 5.32 Å². The van der Waals surface area contributed by atoms with Crippen LogP contribution in [-0.2, 0) is 16.0 Å². The SMILES string of the molecule is CC(C)(C)OC(=O)N[C@@H]1c2cccc(F)c2C[C@H]1C=O. The molecule has 2 atom stereocenters. The van der Waals surface area contributed by atoms with Gasteiger partial charge in [-0.25, -0.2) is 9.18 Å². The molecule has 20 heavy (non-hydrogen) atoms. The molecular formula is C15H18FNO3. The molecule has 0 aliphatic heterocycles. The van der Waals surface area contributed by atoms with Gasteiger partial charge in [0.2, 0.25) is 0 Å². The summed E-state index contributed by atoms with van der Waals surface area (Å²) in [6.45, 7) is 5.27. The first-order valence-electron chi connectivity index (χ1n) is 6.54. The van der Waals surface area contributed by atoms with E-state index in [1.54, 1.807) is 32.9 Å². The van der Waals surface area contributed by atoms with Gasteiger partial charge < -0.3 is 14.8 Å². The standard InChI is InChI=1S/C15H18FNO3/c1-15(2,3)20-14(19)17-13-9(8-18)7-11-10(13)5-4-6-12(11)16/h4-6,8-9,13H,7H2,1-3H3,(H,17,19)/t9-,13-/m0/s1. The molecule has 5 heteroatoms. The Labute approximate surface area is 117 Å². The second-order valence-corrected chi connectivity index (χ2v) is 5.94. The molecule has 0 saturated carbocycles. The van der Waals surface area contributed by atoms with E-state index in [4.69, 9.17) is 4.74 Å². The molecule has 0 heterocycles. The number of hydrogen-bond donors (Lipinski definition) is 1. The summed E-state index contributed by atoms with van der Waals surface area (Å²) >= 11 is 0. The second kappa shape index (κ2) is 5.23. The summed E-state index contributed by atoms with van der Waals surface area (Å²) in [4.78, 5) is 23.0. The molecule has 1 aliphatic rings. The van der Waals surface area contributed by atoms with E-state index in [1.807, 2.05) is 0 Å². The number of fused-ring (bicyclic) bond motifs is 1. The van der Waals surface area contributed by atoms with Crippen LogP contribution in [0, 0.1) is 11.7 Å². The van der Waals surface area contributed by atoms with E-state index < -0.39 is 23.7 Å². The zero-order valence-corrected chi connectivity index (χ0v) is 11.8. The Bertz CT molecular complexity index is 536. The molecule has 1 aromatic carbocycles. The van der Waals surface area contributed by atoms with Gasteiger partial charge in [-0.3, -0.25) is 0 Å². The smallest absolute Gasteiger partial charge is 0.408 e. The van der Waals surface area contributed by atoms with Gasteiger partial charge in [-0.15, -0.1) is 0 Å². The van der Waals surface area contributed by atoms with Gasteiger partial charge in [-0.05, 0) is 44.4 Å². The number of amides is 1. The van der Waals surface area contributed by atoms with E-state index in [1.165, 1.54) is 6.07 Å². The van der Waals surface area contributed by atoms with Gasteiger partial charge in [0.05, 0.1) is 6.04 Å². The van der Waals surface area contributed by atoms with E-state index >= 15 is 0 Å². The van der Waals surface area contributed by atoms with Crippen LogP contribution in [0.1, 0.15) is 37.9 Å². The lowest BCUT2D eigenvalue weighted by Gasteiger charge is -2.23. The van der Waals surface area contributed by atoms with Crippen LogP contribution in [0.25, 0.3) is 0 Å². The predicted octanol–water partition coefficient (Wildman–Crippen LogP) is 2.76. The Morgan fingerprint density at radius 2 is 2.15 bits per heavy atom. The molecule has 1 aromatic rings. The lowest BCUT2D eigenvalue weighted by molar-refractivity contribution is -0.111. The normalized spacial score (nSPS) is 21.2. The highest BCUT2D eigenvalue weighted by molar-refractivity contribution is 5.71. The average molecular weight is 279 g/mol. The molecule has 1 amide bonds. The fourth-order valence-electron chi connectivity index (χ4n) is 2.41. The molecule has 1 aliphatic carbocycles. The molecule has 2 rings (SSSR count). The van der Waals surface area contributed by atoms with Gasteiger partial charge >= 0.3 is 6.09 Å². The molecule has 0 saturated heterocycles. The van der Waals surface area contributed by atoms with Crippen molar-refractivity contribution < 1.29 is 18.7 Å². The van der Waals surface area contributed by atoms with Crippen molar-refractivity contribution in [2.75, 3.05) is 0 Å². The van der Waals surface area contributed by atoms with Crippen LogP contribution in [0.3, 0.4) is 0 Å². The third-order valence-electron chi connectivity index (χ3n) is 3.21. The van der Waals surface area contributed by atoms with Crippen LogP contribution < -0.4 is 5.32 Å². The first-order chi connectivity index (χ1) is 9.31. The van der Waals surface area contributed by atoms with Gasteiger partial charge in [0.15, 0.2) is 0 Å². The third-order valence-corrected chi connectivity index (χ3v) is 3.21. The van der Waals surface area contributed by atoms with E-state index in [-0.39, 0.29) is 5.82 Å². The van der Waals surface area contributed by atoms with Crippen molar-refractivity contribution >= 4 is 12.4 Å². The van der Waals surface area contributed by atoms with Gasteiger partial charge in [0.1, 0.15) is 17.7 Å². The first-order valence-corrected chi connectivity index (χ1v) is 6.54. The summed E-state index contributed by atoms with van der Waals surface area (Å²) in [6.07, 6.45) is 0.444. The molecule has 108 valence electrons. The molecule has 0 spiro atoms. The molecule has 0 aromatic heterocycles. The number of nitrogens with one attached hydrogen (secondary N) is 1. The highest BCUT2D eigenvalue weighted by atomic mass is 19.1. The maximum Gasteiger partial charge on any atom is 0.408 e. The van der Waals surface area contributed by atoms with Gasteiger partial charge in [-0.1, -0.05) is 12.1 Å². The lowest BCUT2D eigenvalue weighted by atomic mass is 10.0. The van der Waals surface area contributed by atoms with Crippen LogP contribution in [0.4, 0.5) is 9.18 Å². The number of carbonyl (C=O) groups excluding carboxylic acids is 2. The maximum absolute atomic E-state index is 13.7. The summed E-state index contributed by atoms with van der Waals surface area (Å²) in [7, 11) is 0. The number of benzene rings is 1. The van der Waals surface area contributed by atoms with Crippen LogP contribution in [0.2, 0.25) is 0 Å². The second-order valence-electron chi connectivity index (χ2n) is 5.94. The summed E-state index contributed by atoms with van der Waals surface area (Å²) in [5.74, 6) is -0.808. The first kappa shape index (κ1) is 14.5. The number of hydrogen-bond acceptors (Lipinski definition) is 3. The van der Waals surface area contributed by atoms with Crippen molar-refractivity contribution in [3.05, 3.63) is 35.1 Å². The molecule has 0 fully saturated rings. The summed E-state index contributed by atoms with van der Waals surface area (Å²) in [5, 5.41) is 2.66. The van der Waals surface area contributed by atoms with Crippen LogP contribution >= 0.6 is 0 Å². The quantitative estimate of drug-likeness (QED) is 0.847. The third kappa shape index (κ3) is 2.98. The monoisotopic (exact) mass is 279 g/mol. The summed E-state index contributed by atoms with van der Waals surface area (Å²) < 4.78 is 18.9. The zero-order chi connectivity index (χ0) is 14.9. The number of ether oxygens (including phenoxy) is 1. The molecule has 0 bridgehead atoms. The van der Waals surface area contributed by atoms with Crippen molar-refractivity contribution in [1.82, 2.24) is 5.32 Å². The number of alkyl carbamates (subject to hydrolysis) is 1. The minimum absolute atomic E-state index is 0.298. The number of aldehydes is 1. The summed E-state index contributed by atoms with van der Waals surface area (Å²) in [5.41, 5.74) is 0.517. The Hall–Kier alpha value is -1.91. The molecular weight excluding hydrogens is 261 g/mol. The predicted molar refractivity (Wildman–Crippen MR) is 71.8 cm³/mol. The summed E-state index contributed by atoms with van der Waals surface area (Å²) in [6, 6.07) is 4.12. The highest BCUT2D eigenvalue weighted by Gasteiger charge is 2.35. The largest absolute Gasteiger partial charge is 0.444 e. The Kier molecular flexibility index (Phi) is 3.79. The fourth-order valence-corrected chi connectivity index (χ4v) is 2.41. The van der Waals surface area contributed by atoms with Crippen molar-refractivity contribution in [1.29, 1.82) is 0 Å². The van der Waals surface area contributed by atoms with Crippen molar-refractivity contribution in [3.8, 4) is 0 Å². The molecule has 1 N–H and O–H groups in total. The average Bonchev–Trinajstić information content (AvgIpc) is 2.67. The van der Waals surface area contributed by atoms with Crippen LogP contribution in [0.5, 0.6) is 0 Å². The Balaban J connectivity index is 2.21. The van der Waals surface area contributed by atoms with Gasteiger partial charge in [0.25, 0.3) is 0 Å². The number of carbonyl (C=O) groups is 2. The minimum Gasteiger partial charge on any atom is -0.444 e. The van der Waals surface area contributed by atoms with E-state index in [9.17, 15) is 14.0 Å². The highest BCUT2D eigenvalue weighted by Crippen LogP contribution is 2.36. The van der Waals surface area contributed by atoms with Crippen molar-refractivity contribution in [2.24, 2.45) is 5.92 Å². The van der Waals surface area contributed by atoms with E-state index in [0.29, 0.717) is 17.5 Å². The lowest BCUT2D eigenvalue weighted by Crippen LogP contribution is -2.36. The zero-order valence-electron chi connectivity index (χ0n) is 11.8. The van der Waals surface area contributed by atoms with Gasteiger partial charge in [-0.2, -0.15) is 0 Å². The minimum atomic E-state index is -0.621. The van der Waals surface area contributed by atoms with Crippen molar-refractivity contribution in [3.63, 3.8) is 0 Å². The molecule has 0 unspecified atom stereocenters. The van der Waals surface area contributed by atoms with Crippen LogP contribution in [0.15, 0.2) is 18.2 Å².